The third-order valence-corrected chi connectivity index (χ3v) is 8.64. The summed E-state index contributed by atoms with van der Waals surface area (Å²) in [7, 11) is 0. The zero-order valence-corrected chi connectivity index (χ0v) is 24.0. The fourth-order valence-corrected chi connectivity index (χ4v) is 6.36. The summed E-state index contributed by atoms with van der Waals surface area (Å²) in [5.74, 6) is 0.987. The van der Waals surface area contributed by atoms with Gasteiger partial charge in [-0.05, 0) is 42.9 Å². The highest BCUT2D eigenvalue weighted by Gasteiger charge is 2.20. The van der Waals surface area contributed by atoms with Crippen molar-refractivity contribution < 1.29 is 4.79 Å². The summed E-state index contributed by atoms with van der Waals surface area (Å²) in [4.78, 5) is 20.2. The van der Waals surface area contributed by atoms with Gasteiger partial charge in [-0.3, -0.25) is 5.32 Å². The molecule has 4 aromatic rings. The van der Waals surface area contributed by atoms with Crippen LogP contribution in [0.1, 0.15) is 55.6 Å². The van der Waals surface area contributed by atoms with Crippen LogP contribution in [0, 0.1) is 5.92 Å². The fourth-order valence-electron chi connectivity index (χ4n) is 5.65. The SMILES string of the molecule is O=C(Nc1nc(-c2ccccc2)cs1)N(CCNCC1CCCCC1)CCC(c1ccccc1)c1ccccc1. The van der Waals surface area contributed by atoms with Gasteiger partial charge in [-0.25, -0.2) is 9.78 Å². The topological polar surface area (TPSA) is 57.3 Å². The van der Waals surface area contributed by atoms with Gasteiger partial charge < -0.3 is 10.2 Å². The van der Waals surface area contributed by atoms with Crippen molar-refractivity contribution in [3.63, 3.8) is 0 Å². The largest absolute Gasteiger partial charge is 0.323 e. The van der Waals surface area contributed by atoms with Crippen molar-refractivity contribution in [3.05, 3.63) is 108 Å². The lowest BCUT2D eigenvalue weighted by Crippen LogP contribution is -2.41. The number of rotatable bonds is 12. The van der Waals surface area contributed by atoms with E-state index in [0.29, 0.717) is 18.2 Å². The molecule has 2 N–H and O–H groups in total. The van der Waals surface area contributed by atoms with E-state index in [1.165, 1.54) is 54.6 Å². The van der Waals surface area contributed by atoms with Gasteiger partial charge in [-0.2, -0.15) is 0 Å². The van der Waals surface area contributed by atoms with Gasteiger partial charge in [0.15, 0.2) is 5.13 Å². The lowest BCUT2D eigenvalue weighted by Gasteiger charge is -2.27. The van der Waals surface area contributed by atoms with Gasteiger partial charge in [0.25, 0.3) is 0 Å². The molecule has 0 saturated heterocycles. The molecule has 3 aromatic carbocycles. The summed E-state index contributed by atoms with van der Waals surface area (Å²) in [5, 5.41) is 9.37. The Morgan fingerprint density at radius 1 is 0.850 bits per heavy atom. The predicted octanol–water partition coefficient (Wildman–Crippen LogP) is 8.04. The molecular formula is C34H40N4OS. The molecule has 0 atom stereocenters. The van der Waals surface area contributed by atoms with E-state index in [1.807, 2.05) is 40.6 Å². The average Bonchev–Trinajstić information content (AvgIpc) is 3.49. The summed E-state index contributed by atoms with van der Waals surface area (Å²) >= 11 is 1.47. The van der Waals surface area contributed by atoms with E-state index in [-0.39, 0.29) is 11.9 Å². The van der Waals surface area contributed by atoms with Gasteiger partial charge in [0, 0.05) is 36.5 Å². The zero-order chi connectivity index (χ0) is 27.4. The van der Waals surface area contributed by atoms with Crippen LogP contribution < -0.4 is 10.6 Å². The maximum absolute atomic E-state index is 13.6. The Balaban J connectivity index is 1.26. The highest BCUT2D eigenvalue weighted by atomic mass is 32.1. The first-order valence-electron chi connectivity index (χ1n) is 14.6. The van der Waals surface area contributed by atoms with Crippen molar-refractivity contribution in [2.75, 3.05) is 31.5 Å². The molecule has 208 valence electrons. The van der Waals surface area contributed by atoms with E-state index in [0.717, 1.165) is 36.7 Å². The molecule has 6 heteroatoms. The van der Waals surface area contributed by atoms with E-state index < -0.39 is 0 Å². The van der Waals surface area contributed by atoms with E-state index in [4.69, 9.17) is 4.98 Å². The standard InChI is InChI=1S/C34H40N4OS/c39-34(37-33-36-32(26-40-33)30-19-11-4-12-20-30)38(24-22-35-25-27-13-5-1-6-14-27)23-21-31(28-15-7-2-8-16-28)29-17-9-3-10-18-29/h2-4,7-12,15-20,26-27,31,35H,1,5-6,13-14,21-25H2,(H,36,37,39). The monoisotopic (exact) mass is 552 g/mol. The maximum atomic E-state index is 13.6. The first kappa shape index (κ1) is 28.1. The van der Waals surface area contributed by atoms with Crippen molar-refractivity contribution in [2.45, 2.75) is 44.4 Å². The van der Waals surface area contributed by atoms with E-state index in [1.54, 1.807) is 0 Å². The Bertz CT molecular complexity index is 1250. The third-order valence-electron chi connectivity index (χ3n) is 7.88. The van der Waals surface area contributed by atoms with Gasteiger partial charge in [-0.15, -0.1) is 11.3 Å². The minimum Gasteiger partial charge on any atom is -0.323 e. The van der Waals surface area contributed by atoms with Crippen LogP contribution in [-0.2, 0) is 0 Å². The molecular weight excluding hydrogens is 512 g/mol. The molecule has 1 aromatic heterocycles. The number of hydrogen-bond acceptors (Lipinski definition) is 4. The van der Waals surface area contributed by atoms with Crippen LogP contribution in [0.25, 0.3) is 11.3 Å². The minimum absolute atomic E-state index is 0.0895. The molecule has 2 amide bonds. The summed E-state index contributed by atoms with van der Waals surface area (Å²) in [6, 6.07) is 31.2. The molecule has 1 heterocycles. The highest BCUT2D eigenvalue weighted by molar-refractivity contribution is 7.14. The van der Waals surface area contributed by atoms with Crippen LogP contribution in [0.2, 0.25) is 0 Å². The van der Waals surface area contributed by atoms with Crippen molar-refractivity contribution >= 4 is 22.5 Å². The lowest BCUT2D eigenvalue weighted by molar-refractivity contribution is 0.209. The van der Waals surface area contributed by atoms with E-state index in [2.05, 4.69) is 71.3 Å². The van der Waals surface area contributed by atoms with Gasteiger partial charge in [0.1, 0.15) is 0 Å². The van der Waals surface area contributed by atoms with Crippen LogP contribution in [0.5, 0.6) is 0 Å². The van der Waals surface area contributed by atoms with Gasteiger partial charge in [0.2, 0.25) is 0 Å². The Morgan fingerprint density at radius 2 is 1.48 bits per heavy atom. The Hall–Kier alpha value is -3.48. The van der Waals surface area contributed by atoms with E-state index in [9.17, 15) is 4.79 Å². The number of aromatic nitrogens is 1. The van der Waals surface area contributed by atoms with Gasteiger partial charge in [0.05, 0.1) is 5.69 Å². The normalized spacial score (nSPS) is 13.8. The number of amides is 2. The number of hydrogen-bond donors (Lipinski definition) is 2. The number of urea groups is 1. The first-order valence-corrected chi connectivity index (χ1v) is 15.5. The third kappa shape index (κ3) is 8.03. The first-order chi connectivity index (χ1) is 19.8. The number of nitrogens with one attached hydrogen (secondary N) is 2. The maximum Gasteiger partial charge on any atom is 0.323 e. The summed E-state index contributed by atoms with van der Waals surface area (Å²) in [6.07, 6.45) is 7.55. The van der Waals surface area contributed by atoms with Crippen molar-refractivity contribution in [2.24, 2.45) is 5.92 Å². The Morgan fingerprint density at radius 3 is 2.12 bits per heavy atom. The lowest BCUT2D eigenvalue weighted by atomic mass is 9.88. The zero-order valence-electron chi connectivity index (χ0n) is 23.2. The van der Waals surface area contributed by atoms with Crippen molar-refractivity contribution in [1.82, 2.24) is 15.2 Å². The van der Waals surface area contributed by atoms with Crippen molar-refractivity contribution in [3.8, 4) is 11.3 Å². The fraction of sp³-hybridized carbons (Fsp3) is 0.353. The minimum atomic E-state index is -0.0895. The summed E-state index contributed by atoms with van der Waals surface area (Å²) < 4.78 is 0. The predicted molar refractivity (Wildman–Crippen MR) is 167 cm³/mol. The Labute approximate surface area is 242 Å². The molecule has 5 nitrogen and oxygen atoms in total. The molecule has 0 spiro atoms. The molecule has 0 radical (unpaired) electrons. The number of carbonyl (C=O) groups is 1. The number of benzene rings is 3. The second-order valence-corrected chi connectivity index (χ2v) is 11.6. The molecule has 1 aliphatic carbocycles. The molecule has 1 saturated carbocycles. The number of carbonyl (C=O) groups excluding carboxylic acids is 1. The van der Waals surface area contributed by atoms with Crippen molar-refractivity contribution in [1.29, 1.82) is 0 Å². The molecule has 0 aliphatic heterocycles. The van der Waals surface area contributed by atoms with E-state index >= 15 is 0 Å². The molecule has 5 rings (SSSR count). The molecule has 1 fully saturated rings. The average molecular weight is 553 g/mol. The van der Waals surface area contributed by atoms with Gasteiger partial charge >= 0.3 is 6.03 Å². The highest BCUT2D eigenvalue weighted by Crippen LogP contribution is 2.29. The summed E-state index contributed by atoms with van der Waals surface area (Å²) in [6.45, 7) is 3.14. The number of nitrogens with zero attached hydrogens (tertiary/aromatic N) is 2. The second-order valence-electron chi connectivity index (χ2n) is 10.7. The molecule has 0 bridgehead atoms. The molecule has 1 aliphatic rings. The summed E-state index contributed by atoms with van der Waals surface area (Å²) in [5.41, 5.74) is 4.49. The smallest absolute Gasteiger partial charge is 0.323 e. The number of anilines is 1. The van der Waals surface area contributed by atoms with Crippen LogP contribution in [-0.4, -0.2) is 42.1 Å². The Kier molecular flexibility index (Phi) is 10.4. The van der Waals surface area contributed by atoms with Crippen LogP contribution in [0.15, 0.2) is 96.4 Å². The quantitative estimate of drug-likeness (QED) is 0.175. The molecule has 40 heavy (non-hydrogen) atoms. The van der Waals surface area contributed by atoms with Crippen LogP contribution in [0.4, 0.5) is 9.93 Å². The second kappa shape index (κ2) is 14.8. The van der Waals surface area contributed by atoms with Crippen LogP contribution in [0.3, 0.4) is 0 Å². The molecule has 0 unspecified atom stereocenters. The number of thiazole rings is 1. The van der Waals surface area contributed by atoms with Gasteiger partial charge in [-0.1, -0.05) is 110 Å². The van der Waals surface area contributed by atoms with Crippen LogP contribution >= 0.6 is 11.3 Å².